The van der Waals surface area contributed by atoms with Gasteiger partial charge in [0.15, 0.2) is 16.8 Å². The van der Waals surface area contributed by atoms with E-state index in [0.29, 0.717) is 54.2 Å². The minimum atomic E-state index is -3.95. The summed E-state index contributed by atoms with van der Waals surface area (Å²) in [6, 6.07) is 4.52. The van der Waals surface area contributed by atoms with Crippen molar-refractivity contribution in [2.45, 2.75) is 78.5 Å². The Morgan fingerprint density at radius 2 is 1.69 bits per heavy atom. The molecule has 1 fully saturated rings. The quantitative estimate of drug-likeness (QED) is 0.214. The standard InChI is InChI=1S/C31H43N5O8S/c1-7-11-25-32-20(5)26-28(37)33-27(34-36(25)26)23-18-22(12-13-24(23)42-8-2)45(40,41)35-16-14-21(15-17-35)19-31(6,29(38)43-9-3)30(39)44-10-4/h12-13,18,21H,7-11,14-17,19H2,1-6H3,(H,33,34,37). The van der Waals surface area contributed by atoms with Crippen LogP contribution in [-0.2, 0) is 35.5 Å². The molecule has 0 spiro atoms. The third-order valence-corrected chi connectivity index (χ3v) is 9.98. The van der Waals surface area contributed by atoms with Gasteiger partial charge in [-0.3, -0.25) is 14.4 Å². The Bertz CT molecular complexity index is 1690. The highest BCUT2D eigenvalue weighted by Gasteiger charge is 2.46. The zero-order chi connectivity index (χ0) is 32.9. The molecule has 13 nitrogen and oxygen atoms in total. The van der Waals surface area contributed by atoms with Gasteiger partial charge in [-0.1, -0.05) is 6.92 Å². The molecule has 0 aliphatic carbocycles. The fraction of sp³-hybridized carbons (Fsp3) is 0.581. The van der Waals surface area contributed by atoms with Gasteiger partial charge in [-0.25, -0.2) is 17.9 Å². The number of rotatable bonds is 13. The second kappa shape index (κ2) is 14.1. The van der Waals surface area contributed by atoms with Crippen LogP contribution < -0.4 is 10.3 Å². The molecule has 1 N–H and O–H groups in total. The zero-order valence-electron chi connectivity index (χ0n) is 26.8. The van der Waals surface area contributed by atoms with Crippen LogP contribution in [0.1, 0.15) is 71.8 Å². The SMILES string of the molecule is CCCc1nc(C)c2c(=O)[nH]c(-c3cc(S(=O)(=O)N4CCC(CC(C)(C(=O)OCC)C(=O)OCC)CC4)ccc3OCC)nn12. The topological polar surface area (TPSA) is 162 Å². The van der Waals surface area contributed by atoms with Gasteiger partial charge in [0.25, 0.3) is 5.56 Å². The predicted molar refractivity (Wildman–Crippen MR) is 166 cm³/mol. The summed E-state index contributed by atoms with van der Waals surface area (Å²) < 4.78 is 46.8. The Morgan fingerprint density at radius 1 is 1.04 bits per heavy atom. The van der Waals surface area contributed by atoms with Gasteiger partial charge in [0.2, 0.25) is 10.0 Å². The van der Waals surface area contributed by atoms with E-state index in [-0.39, 0.29) is 54.9 Å². The second-order valence-electron chi connectivity index (χ2n) is 11.3. The minimum absolute atomic E-state index is 0.0284. The third-order valence-electron chi connectivity index (χ3n) is 8.08. The summed E-state index contributed by atoms with van der Waals surface area (Å²) in [6.45, 7) is 11.4. The molecule has 0 unspecified atom stereocenters. The normalized spacial score (nSPS) is 14.9. The number of sulfonamides is 1. The highest BCUT2D eigenvalue weighted by molar-refractivity contribution is 7.89. The summed E-state index contributed by atoms with van der Waals surface area (Å²) in [7, 11) is -3.95. The molecule has 0 radical (unpaired) electrons. The Kier molecular flexibility index (Phi) is 10.7. The van der Waals surface area contributed by atoms with Crippen LogP contribution in [0, 0.1) is 18.3 Å². The van der Waals surface area contributed by atoms with Crippen molar-refractivity contribution in [1.29, 1.82) is 0 Å². The van der Waals surface area contributed by atoms with Gasteiger partial charge in [0.1, 0.15) is 11.6 Å². The monoisotopic (exact) mass is 645 g/mol. The van der Waals surface area contributed by atoms with Gasteiger partial charge < -0.3 is 19.2 Å². The van der Waals surface area contributed by atoms with E-state index in [0.717, 1.165) is 6.42 Å². The summed E-state index contributed by atoms with van der Waals surface area (Å²) in [5.74, 6) is -0.189. The number of aromatic nitrogens is 4. The zero-order valence-corrected chi connectivity index (χ0v) is 27.7. The number of carbonyl (C=O) groups is 2. The van der Waals surface area contributed by atoms with Gasteiger partial charge in [-0.2, -0.15) is 4.31 Å². The van der Waals surface area contributed by atoms with Crippen LogP contribution >= 0.6 is 0 Å². The number of ether oxygens (including phenoxy) is 3. The number of aryl methyl sites for hydroxylation is 2. The Balaban J connectivity index is 1.62. The van der Waals surface area contributed by atoms with Gasteiger partial charge in [0.05, 0.1) is 36.0 Å². The molecule has 3 aromatic rings. The number of carbonyl (C=O) groups excluding carboxylic acids is 2. The smallest absolute Gasteiger partial charge is 0.323 e. The summed E-state index contributed by atoms with van der Waals surface area (Å²) in [5, 5.41) is 4.66. The molecule has 45 heavy (non-hydrogen) atoms. The van der Waals surface area contributed by atoms with Crippen molar-refractivity contribution in [3.05, 3.63) is 40.1 Å². The van der Waals surface area contributed by atoms with E-state index in [4.69, 9.17) is 14.2 Å². The molecule has 0 atom stereocenters. The minimum Gasteiger partial charge on any atom is -0.493 e. The molecule has 1 saturated heterocycles. The van der Waals surface area contributed by atoms with Gasteiger partial charge >= 0.3 is 11.9 Å². The average molecular weight is 646 g/mol. The van der Waals surface area contributed by atoms with Gasteiger partial charge in [-0.05, 0) is 84.4 Å². The molecule has 4 rings (SSSR count). The van der Waals surface area contributed by atoms with Crippen LogP contribution in [0.4, 0.5) is 0 Å². The van der Waals surface area contributed by atoms with E-state index in [2.05, 4.69) is 15.1 Å². The lowest BCUT2D eigenvalue weighted by molar-refractivity contribution is -0.172. The van der Waals surface area contributed by atoms with Crippen molar-refractivity contribution in [2.24, 2.45) is 11.3 Å². The number of hydrogen-bond donors (Lipinski definition) is 1. The third kappa shape index (κ3) is 6.91. The Hall–Kier alpha value is -3.78. The number of imidazole rings is 1. The van der Waals surface area contributed by atoms with Crippen molar-refractivity contribution < 1.29 is 32.2 Å². The molecule has 3 heterocycles. The molecule has 246 valence electrons. The van der Waals surface area contributed by atoms with Crippen LogP contribution in [0.5, 0.6) is 5.75 Å². The summed E-state index contributed by atoms with van der Waals surface area (Å²) in [5.41, 5.74) is -0.623. The lowest BCUT2D eigenvalue weighted by Crippen LogP contribution is -2.44. The molecule has 1 aliphatic heterocycles. The first-order valence-corrected chi connectivity index (χ1v) is 16.9. The first-order valence-electron chi connectivity index (χ1n) is 15.5. The molecule has 0 saturated carbocycles. The van der Waals surface area contributed by atoms with E-state index in [1.54, 1.807) is 26.8 Å². The lowest BCUT2D eigenvalue weighted by Gasteiger charge is -2.35. The van der Waals surface area contributed by atoms with E-state index in [1.165, 1.54) is 27.9 Å². The summed E-state index contributed by atoms with van der Waals surface area (Å²) in [4.78, 5) is 46.0. The maximum atomic E-state index is 13.9. The predicted octanol–water partition coefficient (Wildman–Crippen LogP) is 3.67. The van der Waals surface area contributed by atoms with E-state index in [9.17, 15) is 22.8 Å². The number of nitrogens with one attached hydrogen (secondary N) is 1. The second-order valence-corrected chi connectivity index (χ2v) is 13.3. The number of H-pyrrole nitrogens is 1. The fourth-order valence-corrected chi connectivity index (χ4v) is 7.29. The van der Waals surface area contributed by atoms with Crippen molar-refractivity contribution in [3.63, 3.8) is 0 Å². The number of nitrogens with zero attached hydrogens (tertiary/aromatic N) is 4. The first kappa shape index (κ1) is 34.1. The van der Waals surface area contributed by atoms with E-state index < -0.39 is 27.4 Å². The molecule has 2 aromatic heterocycles. The fourth-order valence-electron chi connectivity index (χ4n) is 5.79. The van der Waals surface area contributed by atoms with Crippen LogP contribution in [0.15, 0.2) is 27.9 Å². The van der Waals surface area contributed by atoms with Crippen LogP contribution in [0.3, 0.4) is 0 Å². The highest BCUT2D eigenvalue weighted by atomic mass is 32.2. The number of esters is 2. The van der Waals surface area contributed by atoms with E-state index in [1.807, 2.05) is 13.8 Å². The molecule has 0 bridgehead atoms. The number of piperidine rings is 1. The number of aromatic amines is 1. The molecule has 1 aromatic carbocycles. The number of benzene rings is 1. The Labute approximate surface area is 263 Å². The largest absolute Gasteiger partial charge is 0.493 e. The van der Waals surface area contributed by atoms with Crippen LogP contribution in [0.25, 0.3) is 16.9 Å². The van der Waals surface area contributed by atoms with E-state index >= 15 is 0 Å². The summed E-state index contributed by atoms with van der Waals surface area (Å²) >= 11 is 0. The first-order chi connectivity index (χ1) is 21.4. The average Bonchev–Trinajstić information content (AvgIpc) is 3.33. The maximum Gasteiger partial charge on any atom is 0.323 e. The Morgan fingerprint density at radius 3 is 2.27 bits per heavy atom. The molecule has 1 aliphatic rings. The van der Waals surface area contributed by atoms with Crippen molar-refractivity contribution in [3.8, 4) is 17.1 Å². The number of hydrogen-bond acceptors (Lipinski definition) is 10. The van der Waals surface area contributed by atoms with Crippen molar-refractivity contribution >= 4 is 27.5 Å². The maximum absolute atomic E-state index is 13.9. The molecule has 0 amide bonds. The van der Waals surface area contributed by atoms with Crippen molar-refractivity contribution in [1.82, 2.24) is 23.9 Å². The summed E-state index contributed by atoms with van der Waals surface area (Å²) in [6.07, 6.45) is 2.52. The molecule has 14 heteroatoms. The highest BCUT2D eigenvalue weighted by Crippen LogP contribution is 2.37. The van der Waals surface area contributed by atoms with Gasteiger partial charge in [0, 0.05) is 19.5 Å². The van der Waals surface area contributed by atoms with Crippen LogP contribution in [-0.4, -0.2) is 77.2 Å². The molecular formula is C31H43N5O8S. The number of fused-ring (bicyclic) bond motifs is 1. The van der Waals surface area contributed by atoms with Crippen molar-refractivity contribution in [2.75, 3.05) is 32.9 Å². The molecular weight excluding hydrogens is 602 g/mol. The van der Waals surface area contributed by atoms with Crippen LogP contribution in [0.2, 0.25) is 0 Å². The lowest BCUT2D eigenvalue weighted by atomic mass is 9.77. The van der Waals surface area contributed by atoms with Gasteiger partial charge in [-0.15, -0.1) is 5.10 Å².